The summed E-state index contributed by atoms with van der Waals surface area (Å²) in [5.41, 5.74) is 2.46. The Morgan fingerprint density at radius 3 is 2.50 bits per heavy atom. The van der Waals surface area contributed by atoms with Crippen LogP contribution in [0.1, 0.15) is 28.8 Å². The lowest BCUT2D eigenvalue weighted by Gasteiger charge is -2.12. The van der Waals surface area contributed by atoms with E-state index in [-0.39, 0.29) is 17.7 Å². The van der Waals surface area contributed by atoms with Gasteiger partial charge in [0.1, 0.15) is 0 Å². The van der Waals surface area contributed by atoms with Crippen LogP contribution in [0.15, 0.2) is 36.4 Å². The Hall–Kier alpha value is -2.04. The van der Waals surface area contributed by atoms with Gasteiger partial charge < -0.3 is 10.6 Å². The SMILES string of the molecule is Cc1ccc(NC(=O)C2CC2)cc1NC(=O)c1cc(Cl)ccc1Cl. The predicted octanol–water partition coefficient (Wildman–Crippen LogP) is 4.90. The van der Waals surface area contributed by atoms with E-state index in [1.165, 1.54) is 6.07 Å². The molecule has 1 aliphatic carbocycles. The summed E-state index contributed by atoms with van der Waals surface area (Å²) in [7, 11) is 0. The van der Waals surface area contributed by atoms with Crippen molar-refractivity contribution in [2.24, 2.45) is 5.92 Å². The Labute approximate surface area is 150 Å². The fourth-order valence-corrected chi connectivity index (χ4v) is 2.66. The van der Waals surface area contributed by atoms with E-state index in [0.717, 1.165) is 18.4 Å². The molecular formula is C18H16Cl2N2O2. The van der Waals surface area contributed by atoms with Crippen LogP contribution >= 0.6 is 23.2 Å². The highest BCUT2D eigenvalue weighted by molar-refractivity contribution is 6.36. The molecule has 124 valence electrons. The molecule has 2 aromatic rings. The van der Waals surface area contributed by atoms with E-state index in [1.54, 1.807) is 18.2 Å². The predicted molar refractivity (Wildman–Crippen MR) is 96.9 cm³/mol. The molecular weight excluding hydrogens is 347 g/mol. The van der Waals surface area contributed by atoms with Crippen LogP contribution in [0.5, 0.6) is 0 Å². The van der Waals surface area contributed by atoms with Crippen molar-refractivity contribution in [3.63, 3.8) is 0 Å². The fourth-order valence-electron chi connectivity index (χ4n) is 2.29. The molecule has 0 aliphatic heterocycles. The Morgan fingerprint density at radius 2 is 1.79 bits per heavy atom. The molecule has 0 unspecified atom stereocenters. The van der Waals surface area contributed by atoms with Gasteiger partial charge in [0.2, 0.25) is 5.91 Å². The summed E-state index contributed by atoms with van der Waals surface area (Å²) < 4.78 is 0. The Morgan fingerprint density at radius 1 is 1.04 bits per heavy atom. The molecule has 0 saturated heterocycles. The summed E-state index contributed by atoms with van der Waals surface area (Å²) in [5, 5.41) is 6.45. The second-order valence-corrected chi connectivity index (χ2v) is 6.72. The van der Waals surface area contributed by atoms with Crippen LogP contribution in [0.25, 0.3) is 0 Å². The largest absolute Gasteiger partial charge is 0.326 e. The average Bonchev–Trinajstić information content (AvgIpc) is 3.37. The molecule has 4 nitrogen and oxygen atoms in total. The zero-order valence-corrected chi connectivity index (χ0v) is 14.5. The smallest absolute Gasteiger partial charge is 0.257 e. The average molecular weight is 363 g/mol. The first-order chi connectivity index (χ1) is 11.4. The van der Waals surface area contributed by atoms with Crippen LogP contribution in [0.3, 0.4) is 0 Å². The number of aryl methyl sites for hydroxylation is 1. The number of rotatable bonds is 4. The van der Waals surface area contributed by atoms with Crippen molar-refractivity contribution in [1.82, 2.24) is 0 Å². The molecule has 2 aromatic carbocycles. The number of amides is 2. The number of carbonyl (C=O) groups excluding carboxylic acids is 2. The van der Waals surface area contributed by atoms with E-state index in [2.05, 4.69) is 10.6 Å². The van der Waals surface area contributed by atoms with Crippen LogP contribution in [-0.2, 0) is 4.79 Å². The van der Waals surface area contributed by atoms with Crippen LogP contribution < -0.4 is 10.6 Å². The maximum Gasteiger partial charge on any atom is 0.257 e. The molecule has 2 N–H and O–H groups in total. The number of nitrogens with one attached hydrogen (secondary N) is 2. The molecule has 6 heteroatoms. The summed E-state index contributed by atoms with van der Waals surface area (Å²) >= 11 is 12.0. The molecule has 0 spiro atoms. The topological polar surface area (TPSA) is 58.2 Å². The van der Waals surface area contributed by atoms with E-state index >= 15 is 0 Å². The molecule has 0 radical (unpaired) electrons. The quantitative estimate of drug-likeness (QED) is 0.812. The van der Waals surface area contributed by atoms with Crippen molar-refractivity contribution in [1.29, 1.82) is 0 Å². The van der Waals surface area contributed by atoms with E-state index in [1.807, 2.05) is 19.1 Å². The minimum absolute atomic E-state index is 0.0222. The molecule has 1 fully saturated rings. The lowest BCUT2D eigenvalue weighted by atomic mass is 10.1. The van der Waals surface area contributed by atoms with E-state index in [0.29, 0.717) is 27.0 Å². The molecule has 3 rings (SSSR count). The lowest BCUT2D eigenvalue weighted by Crippen LogP contribution is -2.15. The number of halogens is 2. The van der Waals surface area contributed by atoms with Crippen molar-refractivity contribution in [3.05, 3.63) is 57.6 Å². The number of carbonyl (C=O) groups is 2. The third kappa shape index (κ3) is 3.89. The van der Waals surface area contributed by atoms with Gasteiger partial charge in [-0.05, 0) is 55.7 Å². The van der Waals surface area contributed by atoms with Crippen molar-refractivity contribution in [3.8, 4) is 0 Å². The standard InChI is InChI=1S/C18H16Cl2N2O2/c1-10-2-6-13(21-17(23)11-3-4-11)9-16(10)22-18(24)14-8-12(19)5-7-15(14)20/h2,5-9,11H,3-4H2,1H3,(H,21,23)(H,22,24). The first-order valence-corrected chi connectivity index (χ1v) is 8.37. The van der Waals surface area contributed by atoms with Gasteiger partial charge >= 0.3 is 0 Å². The minimum Gasteiger partial charge on any atom is -0.326 e. The van der Waals surface area contributed by atoms with Gasteiger partial charge in [-0.15, -0.1) is 0 Å². The highest BCUT2D eigenvalue weighted by Gasteiger charge is 2.29. The zero-order chi connectivity index (χ0) is 17.3. The van der Waals surface area contributed by atoms with Gasteiger partial charge in [0.15, 0.2) is 0 Å². The summed E-state index contributed by atoms with van der Waals surface area (Å²) in [5.74, 6) is -0.208. The number of benzene rings is 2. The number of hydrogen-bond donors (Lipinski definition) is 2. The normalized spacial score (nSPS) is 13.5. The molecule has 1 aliphatic rings. The molecule has 0 bridgehead atoms. The maximum absolute atomic E-state index is 12.4. The van der Waals surface area contributed by atoms with Gasteiger partial charge in [0, 0.05) is 22.3 Å². The summed E-state index contributed by atoms with van der Waals surface area (Å²) in [6.45, 7) is 1.88. The molecule has 24 heavy (non-hydrogen) atoms. The number of hydrogen-bond acceptors (Lipinski definition) is 2. The van der Waals surface area contributed by atoms with E-state index < -0.39 is 0 Å². The van der Waals surface area contributed by atoms with E-state index in [4.69, 9.17) is 23.2 Å². The fraction of sp³-hybridized carbons (Fsp3) is 0.222. The van der Waals surface area contributed by atoms with Crippen molar-refractivity contribution in [2.75, 3.05) is 10.6 Å². The Balaban J connectivity index is 1.79. The van der Waals surface area contributed by atoms with Gasteiger partial charge in [-0.25, -0.2) is 0 Å². The van der Waals surface area contributed by atoms with Crippen LogP contribution in [0.4, 0.5) is 11.4 Å². The molecule has 1 saturated carbocycles. The molecule has 0 heterocycles. The first kappa shape index (κ1) is 16.8. The molecule has 0 atom stereocenters. The van der Waals surface area contributed by atoms with Crippen molar-refractivity contribution < 1.29 is 9.59 Å². The summed E-state index contributed by atoms with van der Waals surface area (Å²) in [6, 6.07) is 10.1. The highest BCUT2D eigenvalue weighted by Crippen LogP contribution is 2.31. The second-order valence-electron chi connectivity index (χ2n) is 5.87. The Bertz CT molecular complexity index is 817. The van der Waals surface area contributed by atoms with Crippen LogP contribution in [0, 0.1) is 12.8 Å². The zero-order valence-electron chi connectivity index (χ0n) is 13.0. The monoisotopic (exact) mass is 362 g/mol. The van der Waals surface area contributed by atoms with Crippen molar-refractivity contribution in [2.45, 2.75) is 19.8 Å². The highest BCUT2D eigenvalue weighted by atomic mass is 35.5. The lowest BCUT2D eigenvalue weighted by molar-refractivity contribution is -0.117. The van der Waals surface area contributed by atoms with E-state index in [9.17, 15) is 9.59 Å². The van der Waals surface area contributed by atoms with Crippen LogP contribution in [0.2, 0.25) is 10.0 Å². The molecule has 0 aromatic heterocycles. The first-order valence-electron chi connectivity index (χ1n) is 7.62. The van der Waals surface area contributed by atoms with Gasteiger partial charge in [-0.1, -0.05) is 29.3 Å². The summed E-state index contributed by atoms with van der Waals surface area (Å²) in [6.07, 6.45) is 1.88. The minimum atomic E-state index is -0.351. The maximum atomic E-state index is 12.4. The molecule has 2 amide bonds. The van der Waals surface area contributed by atoms with Crippen molar-refractivity contribution >= 4 is 46.4 Å². The third-order valence-corrected chi connectivity index (χ3v) is 4.44. The number of anilines is 2. The van der Waals surface area contributed by atoms with Gasteiger partial charge in [-0.3, -0.25) is 9.59 Å². The van der Waals surface area contributed by atoms with Gasteiger partial charge in [-0.2, -0.15) is 0 Å². The van der Waals surface area contributed by atoms with Gasteiger partial charge in [0.05, 0.1) is 10.6 Å². The second kappa shape index (κ2) is 6.83. The summed E-state index contributed by atoms with van der Waals surface area (Å²) in [4.78, 5) is 24.3. The van der Waals surface area contributed by atoms with Gasteiger partial charge in [0.25, 0.3) is 5.91 Å². The third-order valence-electron chi connectivity index (χ3n) is 3.87. The Kier molecular flexibility index (Phi) is 4.78. The van der Waals surface area contributed by atoms with Crippen LogP contribution in [-0.4, -0.2) is 11.8 Å².